The van der Waals surface area contributed by atoms with E-state index in [9.17, 15) is 4.79 Å². The molecule has 1 fully saturated rings. The largest absolute Gasteiger partial charge is 0.495 e. The molecule has 136 valence electrons. The average Bonchev–Trinajstić information content (AvgIpc) is 2.97. The third kappa shape index (κ3) is 3.76. The highest BCUT2D eigenvalue weighted by molar-refractivity contribution is 9.10. The number of carbonyl (C=O) groups excluding carboxylic acids is 1. The van der Waals surface area contributed by atoms with E-state index in [1.54, 1.807) is 18.2 Å². The summed E-state index contributed by atoms with van der Waals surface area (Å²) in [5.74, 6) is 0.801. The van der Waals surface area contributed by atoms with Crippen LogP contribution in [0.4, 0.5) is 4.79 Å². The molecule has 0 radical (unpaired) electrons. The van der Waals surface area contributed by atoms with Gasteiger partial charge in [0.05, 0.1) is 17.0 Å². The zero-order chi connectivity index (χ0) is 18.2. The zero-order valence-electron chi connectivity index (χ0n) is 15.1. The molecule has 2 aromatic heterocycles. The molecular formula is C18H24BrN3O3. The van der Waals surface area contributed by atoms with Crippen LogP contribution in [0.5, 0.6) is 5.75 Å². The number of hydrogen-bond acceptors (Lipinski definition) is 4. The van der Waals surface area contributed by atoms with Crippen LogP contribution in [0.1, 0.15) is 39.7 Å². The molecule has 0 aliphatic carbocycles. The first-order valence-corrected chi connectivity index (χ1v) is 9.26. The van der Waals surface area contributed by atoms with E-state index >= 15 is 0 Å². The first kappa shape index (κ1) is 18.0. The molecule has 0 unspecified atom stereocenters. The summed E-state index contributed by atoms with van der Waals surface area (Å²) >= 11 is 3.48. The molecule has 3 heterocycles. The molecule has 3 rings (SSSR count). The van der Waals surface area contributed by atoms with Gasteiger partial charge in [-0.05, 0) is 55.6 Å². The van der Waals surface area contributed by atoms with Gasteiger partial charge < -0.3 is 18.9 Å². The number of pyridine rings is 1. The van der Waals surface area contributed by atoms with Crippen molar-refractivity contribution in [3.63, 3.8) is 0 Å². The summed E-state index contributed by atoms with van der Waals surface area (Å²) < 4.78 is 14.0. The van der Waals surface area contributed by atoms with E-state index in [-0.39, 0.29) is 6.09 Å². The van der Waals surface area contributed by atoms with E-state index in [0.717, 1.165) is 34.1 Å². The van der Waals surface area contributed by atoms with Crippen molar-refractivity contribution in [3.05, 3.63) is 22.9 Å². The van der Waals surface area contributed by atoms with Crippen molar-refractivity contribution in [1.82, 2.24) is 14.5 Å². The number of halogens is 1. The topological polar surface area (TPSA) is 56.6 Å². The highest BCUT2D eigenvalue weighted by Crippen LogP contribution is 2.35. The number of piperidine rings is 1. The Morgan fingerprint density at radius 3 is 2.60 bits per heavy atom. The summed E-state index contributed by atoms with van der Waals surface area (Å²) in [5.41, 5.74) is 0.453. The Balaban J connectivity index is 1.74. The smallest absolute Gasteiger partial charge is 0.410 e. The molecular weight excluding hydrogens is 386 g/mol. The van der Waals surface area contributed by atoms with Crippen LogP contribution in [0.3, 0.4) is 0 Å². The minimum atomic E-state index is -0.460. The highest BCUT2D eigenvalue weighted by atomic mass is 79.9. The van der Waals surface area contributed by atoms with Gasteiger partial charge in [0.15, 0.2) is 0 Å². The van der Waals surface area contributed by atoms with Gasteiger partial charge in [-0.25, -0.2) is 9.78 Å². The summed E-state index contributed by atoms with van der Waals surface area (Å²) in [6.45, 7) is 7.04. The fourth-order valence-electron chi connectivity index (χ4n) is 3.21. The Kier molecular flexibility index (Phi) is 4.95. The second-order valence-corrected chi connectivity index (χ2v) is 8.15. The van der Waals surface area contributed by atoms with Crippen molar-refractivity contribution in [2.24, 2.45) is 0 Å². The molecule has 0 bridgehead atoms. The van der Waals surface area contributed by atoms with Gasteiger partial charge in [-0.2, -0.15) is 0 Å². The van der Waals surface area contributed by atoms with Gasteiger partial charge in [0.25, 0.3) is 0 Å². The molecule has 1 aliphatic rings. The third-order valence-corrected chi connectivity index (χ3v) is 4.93. The number of rotatable bonds is 2. The van der Waals surface area contributed by atoms with E-state index < -0.39 is 5.60 Å². The van der Waals surface area contributed by atoms with Crippen LogP contribution in [0.25, 0.3) is 11.0 Å². The Morgan fingerprint density at radius 1 is 1.32 bits per heavy atom. The Hall–Kier alpha value is -1.76. The van der Waals surface area contributed by atoms with Gasteiger partial charge in [0, 0.05) is 31.5 Å². The van der Waals surface area contributed by atoms with Gasteiger partial charge in [-0.15, -0.1) is 0 Å². The fraction of sp³-hybridized carbons (Fsp3) is 0.556. The predicted octanol–water partition coefficient (Wildman–Crippen LogP) is 4.38. The van der Waals surface area contributed by atoms with Crippen molar-refractivity contribution < 1.29 is 14.3 Å². The quantitative estimate of drug-likeness (QED) is 0.738. The second-order valence-electron chi connectivity index (χ2n) is 7.30. The van der Waals surface area contributed by atoms with Crippen LogP contribution in [0.2, 0.25) is 0 Å². The Morgan fingerprint density at radius 2 is 2.00 bits per heavy atom. The number of fused-ring (bicyclic) bond motifs is 1. The molecule has 6 nitrogen and oxygen atoms in total. The van der Waals surface area contributed by atoms with Crippen LogP contribution in [-0.2, 0) is 4.74 Å². The van der Waals surface area contributed by atoms with E-state index in [4.69, 9.17) is 9.47 Å². The van der Waals surface area contributed by atoms with Crippen LogP contribution in [-0.4, -0.2) is 46.3 Å². The molecule has 7 heteroatoms. The van der Waals surface area contributed by atoms with Crippen molar-refractivity contribution in [2.75, 3.05) is 20.2 Å². The maximum atomic E-state index is 12.2. The van der Waals surface area contributed by atoms with E-state index in [2.05, 4.69) is 31.7 Å². The number of amides is 1. The lowest BCUT2D eigenvalue weighted by Crippen LogP contribution is -2.42. The van der Waals surface area contributed by atoms with Crippen molar-refractivity contribution >= 4 is 33.1 Å². The van der Waals surface area contributed by atoms with E-state index in [1.165, 1.54) is 0 Å². The number of hydrogen-bond donors (Lipinski definition) is 0. The number of methoxy groups -OCH3 is 1. The lowest BCUT2D eigenvalue weighted by Gasteiger charge is -2.34. The molecule has 0 saturated carbocycles. The number of ether oxygens (including phenoxy) is 2. The van der Waals surface area contributed by atoms with Crippen LogP contribution in [0.15, 0.2) is 22.9 Å². The second kappa shape index (κ2) is 6.86. The maximum absolute atomic E-state index is 12.2. The summed E-state index contributed by atoms with van der Waals surface area (Å²) in [4.78, 5) is 18.6. The van der Waals surface area contributed by atoms with E-state index in [1.807, 2.05) is 26.8 Å². The molecule has 1 amide bonds. The maximum Gasteiger partial charge on any atom is 0.410 e. The highest BCUT2D eigenvalue weighted by Gasteiger charge is 2.28. The van der Waals surface area contributed by atoms with Gasteiger partial charge in [-0.3, -0.25) is 0 Å². The Labute approximate surface area is 156 Å². The molecule has 0 N–H and O–H groups in total. The SMILES string of the molecule is COc1c(Br)cnc2c1ccn2C1CCN(C(=O)OC(C)(C)C)CC1. The van der Waals surface area contributed by atoms with Crippen LogP contribution >= 0.6 is 15.9 Å². The molecule has 1 saturated heterocycles. The van der Waals surface area contributed by atoms with Crippen molar-refractivity contribution in [2.45, 2.75) is 45.3 Å². The molecule has 25 heavy (non-hydrogen) atoms. The average molecular weight is 410 g/mol. The van der Waals surface area contributed by atoms with Crippen molar-refractivity contribution in [3.8, 4) is 5.75 Å². The summed E-state index contributed by atoms with van der Waals surface area (Å²) in [7, 11) is 1.66. The van der Waals surface area contributed by atoms with Crippen LogP contribution in [0, 0.1) is 0 Å². The number of likely N-dealkylation sites (tertiary alicyclic amines) is 1. The van der Waals surface area contributed by atoms with Gasteiger partial charge >= 0.3 is 6.09 Å². The van der Waals surface area contributed by atoms with Gasteiger partial charge in [0.2, 0.25) is 0 Å². The third-order valence-electron chi connectivity index (χ3n) is 4.36. The molecule has 0 atom stereocenters. The summed E-state index contributed by atoms with van der Waals surface area (Å²) in [6.07, 6.45) is 5.35. The predicted molar refractivity (Wildman–Crippen MR) is 100 cm³/mol. The summed E-state index contributed by atoms with van der Waals surface area (Å²) in [5, 5.41) is 0.992. The normalized spacial score (nSPS) is 16.3. The lowest BCUT2D eigenvalue weighted by molar-refractivity contribution is 0.0189. The standard InChI is InChI=1S/C18H24BrN3O3/c1-18(2,3)25-17(23)21-8-5-12(6-9-21)22-10-7-13-15(24-4)14(19)11-20-16(13)22/h7,10-12H,5-6,8-9H2,1-4H3. The fourth-order valence-corrected chi connectivity index (χ4v) is 3.69. The minimum Gasteiger partial charge on any atom is -0.495 e. The van der Waals surface area contributed by atoms with Gasteiger partial charge in [-0.1, -0.05) is 0 Å². The summed E-state index contributed by atoms with van der Waals surface area (Å²) in [6, 6.07) is 2.35. The number of aromatic nitrogens is 2. The zero-order valence-corrected chi connectivity index (χ0v) is 16.7. The monoisotopic (exact) mass is 409 g/mol. The molecule has 2 aromatic rings. The van der Waals surface area contributed by atoms with Crippen LogP contribution < -0.4 is 4.74 Å². The van der Waals surface area contributed by atoms with Crippen molar-refractivity contribution in [1.29, 1.82) is 0 Å². The lowest BCUT2D eigenvalue weighted by atomic mass is 10.1. The number of nitrogens with zero attached hydrogens (tertiary/aromatic N) is 3. The first-order valence-electron chi connectivity index (χ1n) is 8.47. The molecule has 0 aromatic carbocycles. The first-order chi connectivity index (χ1) is 11.8. The molecule has 1 aliphatic heterocycles. The minimum absolute atomic E-state index is 0.230. The van der Waals surface area contributed by atoms with E-state index in [0.29, 0.717) is 19.1 Å². The van der Waals surface area contributed by atoms with Gasteiger partial charge in [0.1, 0.15) is 17.0 Å². The Bertz CT molecular complexity index is 774. The molecule has 0 spiro atoms. The number of carbonyl (C=O) groups is 1.